The summed E-state index contributed by atoms with van der Waals surface area (Å²) in [4.78, 5) is 5.26. The van der Waals surface area contributed by atoms with Crippen LogP contribution in [0.5, 0.6) is 11.5 Å². The number of ether oxygens (including phenoxy) is 2. The highest BCUT2D eigenvalue weighted by molar-refractivity contribution is 6.32. The molecule has 0 aromatic heterocycles. The van der Waals surface area contributed by atoms with Gasteiger partial charge in [0.05, 0.1) is 12.1 Å². The van der Waals surface area contributed by atoms with Crippen molar-refractivity contribution in [2.45, 2.75) is 64.1 Å². The summed E-state index contributed by atoms with van der Waals surface area (Å²) in [6, 6.07) is 11.8. The molecule has 0 spiro atoms. The Hall–Kier alpha value is -1.95. The van der Waals surface area contributed by atoms with E-state index in [1.165, 1.54) is 41.6 Å². The molecule has 2 aromatic carbocycles. The van der Waals surface area contributed by atoms with Gasteiger partial charge in [-0.15, -0.1) is 0 Å². The highest BCUT2D eigenvalue weighted by Crippen LogP contribution is 2.41. The van der Waals surface area contributed by atoms with Gasteiger partial charge >= 0.3 is 0 Å². The zero-order valence-electron chi connectivity index (χ0n) is 20.8. The number of fused-ring (bicyclic) bond motifs is 1. The highest BCUT2D eigenvalue weighted by Gasteiger charge is 2.36. The van der Waals surface area contributed by atoms with E-state index in [0.717, 1.165) is 57.1 Å². The first kappa shape index (κ1) is 23.8. The van der Waals surface area contributed by atoms with Crippen molar-refractivity contribution in [1.82, 2.24) is 10.2 Å². The van der Waals surface area contributed by atoms with Crippen LogP contribution in [-0.4, -0.2) is 56.9 Å². The third kappa shape index (κ3) is 4.75. The van der Waals surface area contributed by atoms with Crippen LogP contribution in [0.3, 0.4) is 0 Å². The van der Waals surface area contributed by atoms with E-state index < -0.39 is 0 Å². The first-order valence-electron chi connectivity index (χ1n) is 12.9. The number of piperidine rings is 2. The van der Waals surface area contributed by atoms with E-state index in [1.54, 1.807) is 7.11 Å². The summed E-state index contributed by atoms with van der Waals surface area (Å²) in [5.41, 5.74) is 5.41. The van der Waals surface area contributed by atoms with Gasteiger partial charge in [0.2, 0.25) is 0 Å². The van der Waals surface area contributed by atoms with Crippen molar-refractivity contribution in [3.05, 3.63) is 52.0 Å². The average molecular weight is 484 g/mol. The van der Waals surface area contributed by atoms with E-state index in [1.807, 2.05) is 6.07 Å². The number of hydrogen-bond donors (Lipinski definition) is 1. The van der Waals surface area contributed by atoms with Gasteiger partial charge in [-0.1, -0.05) is 17.7 Å². The fourth-order valence-corrected chi connectivity index (χ4v) is 6.26. The Labute approximate surface area is 209 Å². The highest BCUT2D eigenvalue weighted by atomic mass is 35.5. The Morgan fingerprint density at radius 3 is 2.56 bits per heavy atom. The largest absolute Gasteiger partial charge is 0.495 e. The van der Waals surface area contributed by atoms with Crippen LogP contribution < -0.4 is 19.7 Å². The summed E-state index contributed by atoms with van der Waals surface area (Å²) in [5.74, 6) is 1.82. The lowest BCUT2D eigenvalue weighted by molar-refractivity contribution is 0.0712. The minimum Gasteiger partial charge on any atom is -0.495 e. The van der Waals surface area contributed by atoms with Crippen LogP contribution in [0, 0.1) is 13.8 Å². The van der Waals surface area contributed by atoms with E-state index in [-0.39, 0.29) is 0 Å². The molecule has 3 aliphatic heterocycles. The number of nitrogens with one attached hydrogen (secondary N) is 1. The molecule has 0 saturated carbocycles. The number of benzene rings is 2. The monoisotopic (exact) mass is 483 g/mol. The van der Waals surface area contributed by atoms with Gasteiger partial charge in [-0.3, -0.25) is 4.90 Å². The lowest BCUT2D eigenvalue weighted by Gasteiger charge is -2.49. The normalized spacial score (nSPS) is 24.1. The first-order chi connectivity index (χ1) is 16.5. The van der Waals surface area contributed by atoms with Gasteiger partial charge in [-0.05, 0) is 93.9 Å². The van der Waals surface area contributed by atoms with Crippen LogP contribution >= 0.6 is 11.6 Å². The van der Waals surface area contributed by atoms with Gasteiger partial charge < -0.3 is 19.7 Å². The van der Waals surface area contributed by atoms with E-state index in [0.29, 0.717) is 23.2 Å². The van der Waals surface area contributed by atoms with Crippen LogP contribution in [0.15, 0.2) is 30.3 Å². The van der Waals surface area contributed by atoms with Gasteiger partial charge in [0.25, 0.3) is 0 Å². The lowest BCUT2D eigenvalue weighted by Crippen LogP contribution is -2.56. The molecule has 2 aromatic rings. The molecular weight excluding hydrogens is 446 g/mol. The zero-order valence-corrected chi connectivity index (χ0v) is 21.5. The molecule has 3 saturated heterocycles. The van der Waals surface area contributed by atoms with E-state index in [4.69, 9.17) is 21.1 Å². The van der Waals surface area contributed by atoms with Crippen molar-refractivity contribution in [2.24, 2.45) is 0 Å². The van der Waals surface area contributed by atoms with Crippen molar-refractivity contribution in [3.8, 4) is 11.5 Å². The third-order valence-corrected chi connectivity index (χ3v) is 8.47. The Balaban J connectivity index is 1.31. The van der Waals surface area contributed by atoms with Crippen molar-refractivity contribution >= 4 is 17.3 Å². The number of hydrogen-bond acceptors (Lipinski definition) is 5. The zero-order chi connectivity index (χ0) is 23.7. The summed E-state index contributed by atoms with van der Waals surface area (Å²) >= 11 is 6.26. The molecular formula is C28H38ClN3O2. The smallest absolute Gasteiger partial charge is 0.139 e. The van der Waals surface area contributed by atoms with Crippen LogP contribution in [0.2, 0.25) is 5.02 Å². The maximum Gasteiger partial charge on any atom is 0.139 e. The molecule has 2 atom stereocenters. The SMILES string of the molecule is COc1cc(N2CCN3C(CCC[C@@H]3c3ccc(OC4CCNCC4)c(C)c3C)C2)ccc1Cl. The van der Waals surface area contributed by atoms with Gasteiger partial charge in [-0.25, -0.2) is 0 Å². The van der Waals surface area contributed by atoms with E-state index in [9.17, 15) is 0 Å². The van der Waals surface area contributed by atoms with Gasteiger partial charge in [-0.2, -0.15) is 0 Å². The average Bonchev–Trinajstić information content (AvgIpc) is 2.87. The molecule has 0 aliphatic carbocycles. The second-order valence-corrected chi connectivity index (χ2v) is 10.5. The first-order valence-corrected chi connectivity index (χ1v) is 13.2. The van der Waals surface area contributed by atoms with E-state index >= 15 is 0 Å². The molecule has 1 unspecified atom stereocenters. The summed E-state index contributed by atoms with van der Waals surface area (Å²) in [5, 5.41) is 4.09. The molecule has 3 fully saturated rings. The molecule has 184 valence electrons. The minimum atomic E-state index is 0.337. The number of rotatable bonds is 5. The maximum atomic E-state index is 6.43. The van der Waals surface area contributed by atoms with E-state index in [2.05, 4.69) is 53.2 Å². The predicted molar refractivity (Wildman–Crippen MR) is 140 cm³/mol. The number of methoxy groups -OCH3 is 1. The summed E-state index contributed by atoms with van der Waals surface area (Å²) in [6.45, 7) is 9.79. The second-order valence-electron chi connectivity index (χ2n) is 10.1. The van der Waals surface area contributed by atoms with Crippen LogP contribution in [0.25, 0.3) is 0 Å². The van der Waals surface area contributed by atoms with Gasteiger partial charge in [0, 0.05) is 43.5 Å². The van der Waals surface area contributed by atoms with Crippen molar-refractivity contribution in [2.75, 3.05) is 44.7 Å². The maximum absolute atomic E-state index is 6.43. The molecule has 1 N–H and O–H groups in total. The topological polar surface area (TPSA) is 37.0 Å². The summed E-state index contributed by atoms with van der Waals surface area (Å²) in [7, 11) is 1.68. The molecule has 0 bridgehead atoms. The second kappa shape index (κ2) is 10.3. The molecule has 3 aliphatic rings. The minimum absolute atomic E-state index is 0.337. The molecule has 6 heteroatoms. The third-order valence-electron chi connectivity index (χ3n) is 8.16. The molecule has 3 heterocycles. The Bertz CT molecular complexity index is 1010. The Morgan fingerprint density at radius 1 is 0.941 bits per heavy atom. The Morgan fingerprint density at radius 2 is 1.76 bits per heavy atom. The lowest BCUT2D eigenvalue weighted by atomic mass is 9.86. The van der Waals surface area contributed by atoms with Crippen LogP contribution in [0.4, 0.5) is 5.69 Å². The number of anilines is 1. The molecule has 34 heavy (non-hydrogen) atoms. The molecule has 0 radical (unpaired) electrons. The summed E-state index contributed by atoms with van der Waals surface area (Å²) < 4.78 is 11.9. The predicted octanol–water partition coefficient (Wildman–Crippen LogP) is 5.51. The van der Waals surface area contributed by atoms with Crippen molar-refractivity contribution < 1.29 is 9.47 Å². The van der Waals surface area contributed by atoms with Crippen LogP contribution in [0.1, 0.15) is 54.8 Å². The molecule has 5 nitrogen and oxygen atoms in total. The number of piperazine rings is 1. The van der Waals surface area contributed by atoms with Gasteiger partial charge in [0.1, 0.15) is 17.6 Å². The van der Waals surface area contributed by atoms with Gasteiger partial charge in [0.15, 0.2) is 0 Å². The quantitative estimate of drug-likeness (QED) is 0.606. The fourth-order valence-electron chi connectivity index (χ4n) is 6.06. The van der Waals surface area contributed by atoms with Crippen molar-refractivity contribution in [3.63, 3.8) is 0 Å². The number of nitrogens with zero attached hydrogens (tertiary/aromatic N) is 2. The molecule has 5 rings (SSSR count). The fraction of sp³-hybridized carbons (Fsp3) is 0.571. The van der Waals surface area contributed by atoms with Crippen molar-refractivity contribution in [1.29, 1.82) is 0 Å². The molecule has 0 amide bonds. The Kier molecular flexibility index (Phi) is 7.24. The summed E-state index contributed by atoms with van der Waals surface area (Å²) in [6.07, 6.45) is 6.29. The standard InChI is InChI=1S/C28H38ClN3O2/c1-19-20(2)27(34-23-11-13-30-14-12-23)10-8-24(19)26-6-4-5-22-18-31(15-16-32(22)26)21-7-9-25(29)28(17-21)33-3/h7-10,17,22-23,26,30H,4-6,11-16,18H2,1-3H3/t22?,26-/m1/s1. The van der Waals surface area contributed by atoms with Crippen LogP contribution in [-0.2, 0) is 0 Å². The number of halogens is 1.